The Bertz CT molecular complexity index is 1200. The average Bonchev–Trinajstić information content (AvgIpc) is 2.61. The molecule has 0 aliphatic carbocycles. The van der Waals surface area contributed by atoms with Crippen molar-refractivity contribution in [2.45, 2.75) is 0 Å². The molecule has 0 unspecified atom stereocenters. The second-order valence-electron chi connectivity index (χ2n) is 5.54. The number of pyridine rings is 2. The summed E-state index contributed by atoms with van der Waals surface area (Å²) in [5.41, 5.74) is 1.74. The molecule has 0 radical (unpaired) electrons. The number of fused-ring (bicyclic) bond motifs is 2. The van der Waals surface area contributed by atoms with Gasteiger partial charge in [-0.1, -0.05) is 22.0 Å². The third kappa shape index (κ3) is 2.92. The fourth-order valence-electron chi connectivity index (χ4n) is 2.72. The van der Waals surface area contributed by atoms with Crippen LogP contribution in [0.5, 0.6) is 5.88 Å². The molecule has 0 amide bonds. The van der Waals surface area contributed by atoms with E-state index in [9.17, 15) is 9.90 Å². The van der Waals surface area contributed by atoms with Gasteiger partial charge in [-0.05, 0) is 42.5 Å². The van der Waals surface area contributed by atoms with Crippen molar-refractivity contribution in [3.05, 3.63) is 75.1 Å². The van der Waals surface area contributed by atoms with E-state index in [0.29, 0.717) is 16.3 Å². The lowest BCUT2D eigenvalue weighted by molar-refractivity contribution is 0.452. The van der Waals surface area contributed by atoms with Crippen LogP contribution in [0.2, 0.25) is 0 Å². The van der Waals surface area contributed by atoms with Crippen molar-refractivity contribution >= 4 is 49.5 Å². The zero-order valence-electron chi connectivity index (χ0n) is 12.9. The summed E-state index contributed by atoms with van der Waals surface area (Å²) in [4.78, 5) is 23.2. The van der Waals surface area contributed by atoms with E-state index in [1.54, 1.807) is 30.6 Å². The van der Waals surface area contributed by atoms with Crippen molar-refractivity contribution in [2.75, 3.05) is 0 Å². The number of aliphatic imine (C=N–C) groups is 1. The first kappa shape index (κ1) is 15.5. The standard InChI is InChI=1S/C19H12BrN3O2/c20-12-3-5-14-15(9-12)16(19(25)23-18(14)24)10-22-13-4-6-17-11(8-13)2-1-7-21-17/h1-10H,(H2,23,24,25). The molecule has 122 valence electrons. The lowest BCUT2D eigenvalue weighted by Crippen LogP contribution is -2.08. The number of benzene rings is 2. The summed E-state index contributed by atoms with van der Waals surface area (Å²) in [6.07, 6.45) is 3.30. The number of rotatable bonds is 2. The summed E-state index contributed by atoms with van der Waals surface area (Å²) in [7, 11) is 0. The van der Waals surface area contributed by atoms with Gasteiger partial charge in [0.15, 0.2) is 0 Å². The second-order valence-corrected chi connectivity index (χ2v) is 6.46. The van der Waals surface area contributed by atoms with Crippen molar-refractivity contribution in [1.29, 1.82) is 0 Å². The van der Waals surface area contributed by atoms with Gasteiger partial charge in [-0.3, -0.25) is 19.8 Å². The number of nitrogens with zero attached hydrogens (tertiary/aromatic N) is 2. The number of hydrogen-bond acceptors (Lipinski definition) is 4. The highest BCUT2D eigenvalue weighted by molar-refractivity contribution is 9.10. The lowest BCUT2D eigenvalue weighted by atomic mass is 10.1. The predicted molar refractivity (Wildman–Crippen MR) is 103 cm³/mol. The van der Waals surface area contributed by atoms with Crippen molar-refractivity contribution in [3.8, 4) is 5.88 Å². The number of aromatic hydroxyl groups is 1. The maximum absolute atomic E-state index is 12.0. The minimum absolute atomic E-state index is 0.207. The average molecular weight is 394 g/mol. The first-order valence-corrected chi connectivity index (χ1v) is 8.34. The van der Waals surface area contributed by atoms with Crippen LogP contribution in [0.4, 0.5) is 5.69 Å². The van der Waals surface area contributed by atoms with Crippen LogP contribution in [0.1, 0.15) is 5.56 Å². The summed E-state index contributed by atoms with van der Waals surface area (Å²) < 4.78 is 0.816. The Hall–Kier alpha value is -2.99. The quantitative estimate of drug-likeness (QED) is 0.498. The maximum atomic E-state index is 12.0. The minimum Gasteiger partial charge on any atom is -0.494 e. The normalized spacial score (nSPS) is 11.6. The number of aromatic nitrogens is 2. The fraction of sp³-hybridized carbons (Fsp3) is 0. The van der Waals surface area contributed by atoms with Gasteiger partial charge in [-0.15, -0.1) is 0 Å². The molecule has 0 saturated heterocycles. The minimum atomic E-state index is -0.339. The molecule has 0 bridgehead atoms. The molecule has 4 aromatic rings. The number of nitrogens with one attached hydrogen (secondary N) is 1. The van der Waals surface area contributed by atoms with Gasteiger partial charge in [0.05, 0.1) is 16.8 Å². The Morgan fingerprint density at radius 2 is 2.00 bits per heavy atom. The number of hydrogen-bond donors (Lipinski definition) is 2. The summed E-state index contributed by atoms with van der Waals surface area (Å²) in [5, 5.41) is 12.3. The second kappa shape index (κ2) is 6.14. The molecule has 2 aromatic carbocycles. The van der Waals surface area contributed by atoms with E-state index in [1.165, 1.54) is 0 Å². The van der Waals surface area contributed by atoms with Crippen LogP contribution in [0.3, 0.4) is 0 Å². The van der Waals surface area contributed by atoms with Crippen LogP contribution in [0.25, 0.3) is 21.7 Å². The van der Waals surface area contributed by atoms with Gasteiger partial charge in [0.2, 0.25) is 5.88 Å². The molecule has 25 heavy (non-hydrogen) atoms. The first-order valence-electron chi connectivity index (χ1n) is 7.55. The highest BCUT2D eigenvalue weighted by Gasteiger charge is 2.09. The molecule has 2 heterocycles. The molecule has 0 atom stereocenters. The van der Waals surface area contributed by atoms with Gasteiger partial charge in [0, 0.05) is 33.0 Å². The molecule has 0 spiro atoms. The van der Waals surface area contributed by atoms with E-state index in [-0.39, 0.29) is 11.4 Å². The van der Waals surface area contributed by atoms with Crippen LogP contribution in [0.15, 0.2) is 69.0 Å². The Kier molecular flexibility index (Phi) is 3.82. The van der Waals surface area contributed by atoms with Gasteiger partial charge >= 0.3 is 0 Å². The van der Waals surface area contributed by atoms with Crippen molar-refractivity contribution in [3.63, 3.8) is 0 Å². The molecule has 2 aromatic heterocycles. The van der Waals surface area contributed by atoms with Crippen molar-refractivity contribution < 1.29 is 5.11 Å². The molecule has 0 aliphatic heterocycles. The molecule has 0 saturated carbocycles. The van der Waals surface area contributed by atoms with Crippen LogP contribution in [0, 0.1) is 0 Å². The topological polar surface area (TPSA) is 78.3 Å². The molecule has 0 fully saturated rings. The summed E-state index contributed by atoms with van der Waals surface area (Å²) >= 11 is 3.39. The van der Waals surface area contributed by atoms with Gasteiger partial charge in [0.1, 0.15) is 0 Å². The molecule has 5 nitrogen and oxygen atoms in total. The zero-order valence-corrected chi connectivity index (χ0v) is 14.5. The van der Waals surface area contributed by atoms with Gasteiger partial charge in [-0.2, -0.15) is 0 Å². The van der Waals surface area contributed by atoms with Crippen molar-refractivity contribution in [1.82, 2.24) is 9.97 Å². The van der Waals surface area contributed by atoms with Crippen LogP contribution >= 0.6 is 15.9 Å². The maximum Gasteiger partial charge on any atom is 0.258 e. The Morgan fingerprint density at radius 3 is 2.88 bits per heavy atom. The summed E-state index contributed by atoms with van der Waals surface area (Å²) in [5.74, 6) is -0.207. The number of halogens is 1. The Balaban J connectivity index is 1.85. The SMILES string of the molecule is O=c1[nH]c(O)c(C=Nc2ccc3ncccc3c2)c2cc(Br)ccc12. The zero-order chi connectivity index (χ0) is 17.4. The van der Waals surface area contributed by atoms with Crippen LogP contribution in [-0.2, 0) is 0 Å². The molecule has 2 N–H and O–H groups in total. The van der Waals surface area contributed by atoms with E-state index < -0.39 is 0 Å². The van der Waals surface area contributed by atoms with E-state index in [2.05, 4.69) is 30.9 Å². The van der Waals surface area contributed by atoms with E-state index in [1.807, 2.05) is 30.3 Å². The number of H-pyrrole nitrogens is 1. The Morgan fingerprint density at radius 1 is 1.12 bits per heavy atom. The Labute approximate surface area is 150 Å². The smallest absolute Gasteiger partial charge is 0.258 e. The molecule has 4 rings (SSSR count). The van der Waals surface area contributed by atoms with Crippen LogP contribution < -0.4 is 5.56 Å². The molecular weight excluding hydrogens is 382 g/mol. The van der Waals surface area contributed by atoms with Crippen molar-refractivity contribution in [2.24, 2.45) is 4.99 Å². The third-order valence-corrected chi connectivity index (χ3v) is 4.43. The van der Waals surface area contributed by atoms with Gasteiger partial charge < -0.3 is 5.11 Å². The highest BCUT2D eigenvalue weighted by Crippen LogP contribution is 2.25. The number of aromatic amines is 1. The highest BCUT2D eigenvalue weighted by atomic mass is 79.9. The third-order valence-electron chi connectivity index (χ3n) is 3.93. The van der Waals surface area contributed by atoms with Crippen LogP contribution in [-0.4, -0.2) is 21.3 Å². The van der Waals surface area contributed by atoms with Gasteiger partial charge in [0.25, 0.3) is 5.56 Å². The monoisotopic (exact) mass is 393 g/mol. The van der Waals surface area contributed by atoms with Gasteiger partial charge in [-0.25, -0.2) is 0 Å². The van der Waals surface area contributed by atoms with E-state index in [0.717, 1.165) is 21.1 Å². The predicted octanol–water partition coefficient (Wildman–Crippen LogP) is 4.30. The summed E-state index contributed by atoms with van der Waals surface area (Å²) in [6.45, 7) is 0. The fourth-order valence-corrected chi connectivity index (χ4v) is 3.08. The first-order chi connectivity index (χ1) is 12.1. The molecule has 0 aliphatic rings. The molecule has 6 heteroatoms. The van der Waals surface area contributed by atoms with E-state index in [4.69, 9.17) is 0 Å². The lowest BCUT2D eigenvalue weighted by Gasteiger charge is -2.05. The molecular formula is C19H12BrN3O2. The summed E-state index contributed by atoms with van der Waals surface area (Å²) in [6, 6.07) is 14.8. The van der Waals surface area contributed by atoms with E-state index >= 15 is 0 Å². The largest absolute Gasteiger partial charge is 0.494 e.